The van der Waals surface area contributed by atoms with E-state index >= 15 is 0 Å². The number of aromatic nitrogens is 2. The summed E-state index contributed by atoms with van der Waals surface area (Å²) < 4.78 is 6.33. The molecule has 4 aromatic rings. The number of benzene rings is 2. The molecule has 0 radical (unpaired) electrons. The lowest BCUT2D eigenvalue weighted by Gasteiger charge is -2.11. The predicted octanol–water partition coefficient (Wildman–Crippen LogP) is 5.17. The van der Waals surface area contributed by atoms with E-state index in [4.69, 9.17) is 4.52 Å². The first kappa shape index (κ1) is 17.5. The van der Waals surface area contributed by atoms with Crippen LogP contribution in [0.1, 0.15) is 17.0 Å². The van der Waals surface area contributed by atoms with Crippen LogP contribution in [0.2, 0.25) is 0 Å². The van der Waals surface area contributed by atoms with Gasteiger partial charge in [0.1, 0.15) is 5.76 Å². The summed E-state index contributed by atoms with van der Waals surface area (Å²) in [7, 11) is 0. The Hall–Kier alpha value is -2.86. The van der Waals surface area contributed by atoms with Crippen LogP contribution in [0.25, 0.3) is 22.0 Å². The Morgan fingerprint density at radius 2 is 2.00 bits per heavy atom. The van der Waals surface area contributed by atoms with E-state index in [1.165, 1.54) is 0 Å². The highest BCUT2D eigenvalue weighted by Crippen LogP contribution is 2.31. The molecule has 2 N–H and O–H groups in total. The first-order valence-corrected chi connectivity index (χ1v) is 9.39. The van der Waals surface area contributed by atoms with Crippen molar-refractivity contribution in [2.24, 2.45) is 0 Å². The number of rotatable bonds is 4. The fraction of sp³-hybridized carbons (Fsp3) is 0.143. The van der Waals surface area contributed by atoms with Crippen LogP contribution >= 0.6 is 15.9 Å². The molecule has 0 saturated carbocycles. The Labute approximate surface area is 164 Å². The van der Waals surface area contributed by atoms with Gasteiger partial charge in [-0.25, -0.2) is 0 Å². The Morgan fingerprint density at radius 1 is 1.15 bits per heavy atom. The van der Waals surface area contributed by atoms with E-state index in [1.54, 1.807) is 6.07 Å². The lowest BCUT2D eigenvalue weighted by atomic mass is 10.0. The minimum atomic E-state index is -0.135. The number of nitrogens with zero attached hydrogens (tertiary/aromatic N) is 1. The molecule has 0 aliphatic rings. The minimum absolute atomic E-state index is 0.135. The zero-order valence-corrected chi connectivity index (χ0v) is 16.6. The molecule has 2 heterocycles. The monoisotopic (exact) mass is 423 g/mol. The molecule has 0 spiro atoms. The highest BCUT2D eigenvalue weighted by atomic mass is 79.9. The highest BCUT2D eigenvalue weighted by Gasteiger charge is 2.13. The molecule has 0 unspecified atom stereocenters. The molecule has 0 fully saturated rings. The SMILES string of the molecule is Cc1noc(C)c1-c1ccc2[nH]c(=O)cc(NCc3cccc(Br)c3)c2c1. The van der Waals surface area contributed by atoms with Crippen LogP contribution in [0.5, 0.6) is 0 Å². The summed E-state index contributed by atoms with van der Waals surface area (Å²) in [4.78, 5) is 15.0. The average Bonchev–Trinajstić information content (AvgIpc) is 2.98. The molecule has 0 atom stereocenters. The van der Waals surface area contributed by atoms with Gasteiger partial charge in [-0.05, 0) is 49.2 Å². The topological polar surface area (TPSA) is 70.9 Å². The second-order valence-electron chi connectivity index (χ2n) is 6.49. The average molecular weight is 424 g/mol. The lowest BCUT2D eigenvalue weighted by molar-refractivity contribution is 0.393. The fourth-order valence-corrected chi connectivity index (χ4v) is 3.74. The summed E-state index contributed by atoms with van der Waals surface area (Å²) in [6.07, 6.45) is 0. The maximum Gasteiger partial charge on any atom is 0.250 e. The molecule has 0 bridgehead atoms. The number of nitrogens with one attached hydrogen (secondary N) is 2. The molecule has 27 heavy (non-hydrogen) atoms. The van der Waals surface area contributed by atoms with Crippen molar-refractivity contribution in [2.45, 2.75) is 20.4 Å². The summed E-state index contributed by atoms with van der Waals surface area (Å²) in [5.41, 5.74) is 5.42. The Kier molecular flexibility index (Phi) is 4.58. The van der Waals surface area contributed by atoms with Gasteiger partial charge in [-0.3, -0.25) is 4.79 Å². The molecule has 2 aromatic heterocycles. The molecule has 0 amide bonds. The van der Waals surface area contributed by atoms with Crippen molar-refractivity contribution in [3.8, 4) is 11.1 Å². The number of anilines is 1. The molecule has 4 rings (SSSR count). The molecule has 0 saturated heterocycles. The van der Waals surface area contributed by atoms with Gasteiger partial charge in [0.25, 0.3) is 0 Å². The van der Waals surface area contributed by atoms with E-state index in [-0.39, 0.29) is 5.56 Å². The summed E-state index contributed by atoms with van der Waals surface area (Å²) in [6.45, 7) is 4.45. The van der Waals surface area contributed by atoms with Crippen LogP contribution < -0.4 is 10.9 Å². The van der Waals surface area contributed by atoms with Crippen LogP contribution in [0.3, 0.4) is 0 Å². The Balaban J connectivity index is 1.77. The minimum Gasteiger partial charge on any atom is -0.380 e. The smallest absolute Gasteiger partial charge is 0.250 e. The summed E-state index contributed by atoms with van der Waals surface area (Å²) >= 11 is 3.49. The number of halogens is 1. The van der Waals surface area contributed by atoms with E-state index in [0.29, 0.717) is 6.54 Å². The Morgan fingerprint density at radius 3 is 2.74 bits per heavy atom. The maximum atomic E-state index is 12.1. The van der Waals surface area contributed by atoms with Gasteiger partial charge in [-0.15, -0.1) is 0 Å². The summed E-state index contributed by atoms with van der Waals surface area (Å²) in [5.74, 6) is 0.778. The number of pyridine rings is 1. The number of aryl methyl sites for hydroxylation is 2. The van der Waals surface area contributed by atoms with Crippen LogP contribution in [0, 0.1) is 13.8 Å². The van der Waals surface area contributed by atoms with Crippen molar-refractivity contribution in [3.63, 3.8) is 0 Å². The molecule has 2 aromatic carbocycles. The van der Waals surface area contributed by atoms with Crippen LogP contribution in [0.15, 0.2) is 62.3 Å². The first-order valence-electron chi connectivity index (χ1n) is 8.60. The maximum absolute atomic E-state index is 12.1. The van der Waals surface area contributed by atoms with Gasteiger partial charge in [-0.1, -0.05) is 39.3 Å². The molecule has 0 aliphatic heterocycles. The first-order chi connectivity index (χ1) is 13.0. The van der Waals surface area contributed by atoms with Gasteiger partial charge in [0.2, 0.25) is 5.56 Å². The number of H-pyrrole nitrogens is 1. The van der Waals surface area contributed by atoms with Gasteiger partial charge in [0, 0.05) is 33.7 Å². The van der Waals surface area contributed by atoms with Gasteiger partial charge < -0.3 is 14.8 Å². The van der Waals surface area contributed by atoms with E-state index in [9.17, 15) is 4.79 Å². The van der Waals surface area contributed by atoms with Crippen molar-refractivity contribution in [1.82, 2.24) is 10.1 Å². The van der Waals surface area contributed by atoms with Crippen LogP contribution in [-0.2, 0) is 6.54 Å². The number of hydrogen-bond donors (Lipinski definition) is 2. The number of fused-ring (bicyclic) bond motifs is 1. The van der Waals surface area contributed by atoms with E-state index in [0.717, 1.165) is 49.2 Å². The van der Waals surface area contributed by atoms with Crippen molar-refractivity contribution in [3.05, 3.63) is 80.4 Å². The zero-order valence-electron chi connectivity index (χ0n) is 15.0. The normalized spacial score (nSPS) is 11.1. The van der Waals surface area contributed by atoms with E-state index < -0.39 is 0 Å². The van der Waals surface area contributed by atoms with E-state index in [1.807, 2.05) is 44.2 Å². The summed E-state index contributed by atoms with van der Waals surface area (Å²) in [5, 5.41) is 8.38. The molecular formula is C21H18BrN3O2. The lowest BCUT2D eigenvalue weighted by Crippen LogP contribution is -2.08. The quantitative estimate of drug-likeness (QED) is 0.474. The highest BCUT2D eigenvalue weighted by molar-refractivity contribution is 9.10. The zero-order chi connectivity index (χ0) is 19.0. The van der Waals surface area contributed by atoms with Gasteiger partial charge in [0.15, 0.2) is 0 Å². The van der Waals surface area contributed by atoms with Gasteiger partial charge in [0.05, 0.1) is 11.2 Å². The standard InChI is InChI=1S/C21H18BrN3O2/c1-12-21(13(2)27-25-12)15-6-7-18-17(9-15)19(10-20(26)24-18)23-11-14-4-3-5-16(22)8-14/h3-10H,11H2,1-2H3,(H2,23,24,26). The molecule has 5 nitrogen and oxygen atoms in total. The second-order valence-corrected chi connectivity index (χ2v) is 7.41. The molecule has 136 valence electrons. The van der Waals surface area contributed by atoms with E-state index in [2.05, 4.69) is 43.5 Å². The van der Waals surface area contributed by atoms with Gasteiger partial charge >= 0.3 is 0 Å². The molecule has 6 heteroatoms. The van der Waals surface area contributed by atoms with Crippen molar-refractivity contribution in [2.75, 3.05) is 5.32 Å². The van der Waals surface area contributed by atoms with Crippen molar-refractivity contribution >= 4 is 32.5 Å². The Bertz CT molecular complexity index is 1170. The van der Waals surface area contributed by atoms with Crippen molar-refractivity contribution in [1.29, 1.82) is 0 Å². The second kappa shape index (κ2) is 7.04. The third-order valence-corrected chi connectivity index (χ3v) is 5.03. The van der Waals surface area contributed by atoms with Crippen molar-refractivity contribution < 1.29 is 4.52 Å². The third-order valence-electron chi connectivity index (χ3n) is 4.54. The summed E-state index contributed by atoms with van der Waals surface area (Å²) in [6, 6.07) is 15.6. The van der Waals surface area contributed by atoms with Crippen LogP contribution in [-0.4, -0.2) is 10.1 Å². The predicted molar refractivity (Wildman–Crippen MR) is 111 cm³/mol. The number of hydrogen-bond acceptors (Lipinski definition) is 4. The van der Waals surface area contributed by atoms with Gasteiger partial charge in [-0.2, -0.15) is 0 Å². The van der Waals surface area contributed by atoms with Crippen LogP contribution in [0.4, 0.5) is 5.69 Å². The number of aromatic amines is 1. The molecule has 0 aliphatic carbocycles. The fourth-order valence-electron chi connectivity index (χ4n) is 3.29. The third kappa shape index (κ3) is 3.53. The largest absolute Gasteiger partial charge is 0.380 e. The molecular weight excluding hydrogens is 406 g/mol.